The van der Waals surface area contributed by atoms with E-state index < -0.39 is 0 Å². The van der Waals surface area contributed by atoms with Crippen LogP contribution in [-0.2, 0) is 0 Å². The van der Waals surface area contributed by atoms with Crippen molar-refractivity contribution in [3.05, 3.63) is 101 Å². The van der Waals surface area contributed by atoms with Crippen LogP contribution in [0, 0.1) is 24.5 Å². The third kappa shape index (κ3) is 17.1. The molecule has 0 bridgehead atoms. The van der Waals surface area contributed by atoms with Gasteiger partial charge in [0.15, 0.2) is 11.4 Å². The molecule has 3 aromatic carbocycles. The van der Waals surface area contributed by atoms with Gasteiger partial charge in [0.05, 0.1) is 44.6 Å². The van der Waals surface area contributed by atoms with Crippen molar-refractivity contribution >= 4 is 27.3 Å². The number of nitrogens with zero attached hydrogens (tertiary/aromatic N) is 5. The van der Waals surface area contributed by atoms with Gasteiger partial charge in [-0.3, -0.25) is 4.90 Å². The van der Waals surface area contributed by atoms with Crippen LogP contribution in [0.4, 0.5) is 11.4 Å². The number of nitriles is 1. The fraction of sp³-hybridized carbons (Fsp3) is 0.475. The number of nitrogens with one attached hydrogen (secondary N) is 2. The number of alkyl halides is 1. The Morgan fingerprint density at radius 1 is 0.765 bits per heavy atom. The monoisotopic (exact) mass is 757 g/mol. The number of ether oxygens (including phenoxy) is 3. The molecule has 2 aliphatic rings. The molecule has 2 saturated heterocycles. The van der Waals surface area contributed by atoms with Gasteiger partial charge in [0.2, 0.25) is 0 Å². The topological polar surface area (TPSA) is 90.7 Å². The molecular weight excluding hydrogens is 706 g/mol. The summed E-state index contributed by atoms with van der Waals surface area (Å²) in [5.74, 6) is 2.48. The third-order valence-electron chi connectivity index (χ3n) is 8.30. The molecule has 2 fully saturated rings. The van der Waals surface area contributed by atoms with Gasteiger partial charge in [-0.05, 0) is 81.6 Å². The number of hydrogen-bond acceptors (Lipinski definition) is 8. The van der Waals surface area contributed by atoms with Crippen molar-refractivity contribution in [2.45, 2.75) is 45.2 Å². The second-order valence-electron chi connectivity index (χ2n) is 12.4. The van der Waals surface area contributed by atoms with Crippen LogP contribution in [-0.4, -0.2) is 99.4 Å². The van der Waals surface area contributed by atoms with Crippen LogP contribution in [0.1, 0.15) is 38.7 Å². The largest absolute Gasteiger partial charge is 0.494 e. The normalized spacial score (nSPS) is 17.2. The van der Waals surface area contributed by atoms with Crippen LogP contribution in [0.15, 0.2) is 72.8 Å². The second-order valence-corrected chi connectivity index (χ2v) is 13.2. The van der Waals surface area contributed by atoms with Gasteiger partial charge in [0.1, 0.15) is 17.2 Å². The van der Waals surface area contributed by atoms with Crippen molar-refractivity contribution in [3.63, 3.8) is 0 Å². The Morgan fingerprint density at radius 2 is 1.29 bits per heavy atom. The second kappa shape index (κ2) is 24.9. The SMILES string of the molecule is CC1CNCCN1.[C-]#[N+]c1ccc(OCCCBr)cc1.[C-]#[N+]c1ccc(OCCCN2CCN(CCCOc3ccc(C#N)cc3)C(C)C2)cc1. The fourth-order valence-electron chi connectivity index (χ4n) is 5.44. The van der Waals surface area contributed by atoms with E-state index in [2.05, 4.69) is 66.0 Å². The van der Waals surface area contributed by atoms with Crippen molar-refractivity contribution in [1.29, 1.82) is 5.26 Å². The maximum atomic E-state index is 8.84. The van der Waals surface area contributed by atoms with Gasteiger partial charge in [0, 0.05) is 69.8 Å². The molecule has 0 saturated carbocycles. The van der Waals surface area contributed by atoms with Gasteiger partial charge < -0.3 is 29.7 Å². The van der Waals surface area contributed by atoms with Crippen molar-refractivity contribution in [2.24, 2.45) is 0 Å². The van der Waals surface area contributed by atoms with E-state index in [1.54, 1.807) is 36.4 Å². The molecular formula is C40H52BrN7O3. The molecule has 51 heavy (non-hydrogen) atoms. The first-order valence-electron chi connectivity index (χ1n) is 17.7. The van der Waals surface area contributed by atoms with Gasteiger partial charge in [-0.25, -0.2) is 9.69 Å². The average Bonchev–Trinajstić information content (AvgIpc) is 3.17. The van der Waals surface area contributed by atoms with E-state index in [9.17, 15) is 0 Å². The van der Waals surface area contributed by atoms with Crippen LogP contribution in [0.2, 0.25) is 0 Å². The molecule has 0 aliphatic carbocycles. The smallest absolute Gasteiger partial charge is 0.187 e. The number of piperazine rings is 2. The predicted molar refractivity (Wildman–Crippen MR) is 209 cm³/mol. The van der Waals surface area contributed by atoms with Crippen LogP contribution in [0.25, 0.3) is 9.69 Å². The van der Waals surface area contributed by atoms with Crippen LogP contribution in [0.5, 0.6) is 17.2 Å². The summed E-state index contributed by atoms with van der Waals surface area (Å²) < 4.78 is 17.0. The number of benzene rings is 3. The zero-order valence-corrected chi connectivity index (χ0v) is 31.6. The maximum Gasteiger partial charge on any atom is 0.187 e. The summed E-state index contributed by atoms with van der Waals surface area (Å²) in [6.07, 6.45) is 2.98. The van der Waals surface area contributed by atoms with Gasteiger partial charge in [-0.15, -0.1) is 0 Å². The Bertz CT molecular complexity index is 1500. The molecule has 5 rings (SSSR count). The molecule has 2 N–H and O–H groups in total. The minimum Gasteiger partial charge on any atom is -0.494 e. The van der Waals surface area contributed by atoms with Gasteiger partial charge >= 0.3 is 0 Å². The van der Waals surface area contributed by atoms with Crippen LogP contribution >= 0.6 is 15.9 Å². The van der Waals surface area contributed by atoms with E-state index in [1.165, 1.54) is 0 Å². The Hall–Kier alpha value is -4.15. The lowest BCUT2D eigenvalue weighted by Gasteiger charge is -2.40. The summed E-state index contributed by atoms with van der Waals surface area (Å²) in [5.41, 5.74) is 1.94. The zero-order chi connectivity index (χ0) is 36.5. The number of halogens is 1. The number of hydrogen-bond donors (Lipinski definition) is 2. The summed E-state index contributed by atoms with van der Waals surface area (Å²) >= 11 is 3.33. The molecule has 0 amide bonds. The van der Waals surface area contributed by atoms with Crippen molar-refractivity contribution in [2.75, 3.05) is 77.5 Å². The summed E-state index contributed by atoms with van der Waals surface area (Å²) in [6.45, 7) is 29.0. The summed E-state index contributed by atoms with van der Waals surface area (Å²) in [6, 6.07) is 25.1. The molecule has 11 heteroatoms. The van der Waals surface area contributed by atoms with Gasteiger partial charge in [-0.2, -0.15) is 5.26 Å². The average molecular weight is 759 g/mol. The summed E-state index contributed by atoms with van der Waals surface area (Å²) in [5, 5.41) is 16.4. The molecule has 0 aromatic heterocycles. The van der Waals surface area contributed by atoms with Gasteiger partial charge in [-0.1, -0.05) is 40.2 Å². The molecule has 272 valence electrons. The highest BCUT2D eigenvalue weighted by Crippen LogP contribution is 2.19. The molecule has 0 spiro atoms. The summed E-state index contributed by atoms with van der Waals surface area (Å²) in [4.78, 5) is 11.7. The third-order valence-corrected chi connectivity index (χ3v) is 8.86. The van der Waals surface area contributed by atoms with E-state index in [1.807, 2.05) is 36.4 Å². The van der Waals surface area contributed by atoms with Crippen molar-refractivity contribution in [3.8, 4) is 23.3 Å². The molecule has 10 nitrogen and oxygen atoms in total. The quantitative estimate of drug-likeness (QED) is 0.101. The minimum atomic E-state index is 0.533. The van der Waals surface area contributed by atoms with E-state index in [4.69, 9.17) is 32.6 Å². The van der Waals surface area contributed by atoms with E-state index >= 15 is 0 Å². The first-order valence-corrected chi connectivity index (χ1v) is 18.9. The zero-order valence-electron chi connectivity index (χ0n) is 30.0. The van der Waals surface area contributed by atoms with E-state index in [0.29, 0.717) is 48.8 Å². The highest BCUT2D eigenvalue weighted by molar-refractivity contribution is 9.09. The summed E-state index contributed by atoms with van der Waals surface area (Å²) in [7, 11) is 0. The lowest BCUT2D eigenvalue weighted by atomic mass is 10.1. The first kappa shape index (κ1) is 41.3. The van der Waals surface area contributed by atoms with E-state index in [-0.39, 0.29) is 0 Å². The molecule has 2 aliphatic heterocycles. The molecule has 0 radical (unpaired) electrons. The fourth-order valence-corrected chi connectivity index (χ4v) is 5.67. The van der Waals surface area contributed by atoms with Crippen molar-refractivity contribution < 1.29 is 14.2 Å². The van der Waals surface area contributed by atoms with E-state index in [0.717, 1.165) is 94.2 Å². The van der Waals surface area contributed by atoms with Crippen molar-refractivity contribution in [1.82, 2.24) is 20.4 Å². The maximum absolute atomic E-state index is 8.84. The highest BCUT2D eigenvalue weighted by atomic mass is 79.9. The standard InChI is InChI=1S/C25H30N4O2.C10H10BrNO.C5H12N2/c1-21-20-28(13-3-17-30-25-11-7-23(27-2)8-12-25)15-16-29(21)14-4-18-31-24-9-5-22(19-26)6-10-24;1-12-9-3-5-10(6-4-9)13-8-2-7-11;1-5-4-6-2-3-7-5/h5-12,21H,3-4,13-18,20H2,1H3;3-6H,2,7-8H2;5-7H,2-4H2,1H3. The molecule has 3 aromatic rings. The highest BCUT2D eigenvalue weighted by Gasteiger charge is 2.22. The van der Waals surface area contributed by atoms with Crippen LogP contribution < -0.4 is 24.8 Å². The molecule has 2 unspecified atom stereocenters. The first-order chi connectivity index (χ1) is 24.9. The molecule has 2 atom stereocenters. The van der Waals surface area contributed by atoms with Gasteiger partial charge in [0.25, 0.3) is 0 Å². The predicted octanol–water partition coefficient (Wildman–Crippen LogP) is 7.32. The Balaban J connectivity index is 0.000000285. The lowest BCUT2D eigenvalue weighted by molar-refractivity contribution is 0.0757. The lowest BCUT2D eigenvalue weighted by Crippen LogP contribution is -2.52. The van der Waals surface area contributed by atoms with Crippen LogP contribution in [0.3, 0.4) is 0 Å². The minimum absolute atomic E-state index is 0.533. The Labute approximate surface area is 313 Å². The Kier molecular flexibility index (Phi) is 20.2. The Morgan fingerprint density at radius 3 is 1.73 bits per heavy atom. The number of rotatable bonds is 14. The molecule has 2 heterocycles.